The van der Waals surface area contributed by atoms with Crippen molar-refractivity contribution in [2.75, 3.05) is 0 Å². The second-order valence-corrected chi connectivity index (χ2v) is 1.70. The SMILES string of the molecule is CC(=O)C(=O)O.CC(=O)C(=O)[O-].[Na+]. The van der Waals surface area contributed by atoms with Crippen LogP contribution in [0.1, 0.15) is 13.8 Å². The van der Waals surface area contributed by atoms with Crippen LogP contribution in [0.25, 0.3) is 0 Å². The summed E-state index contributed by atoms with van der Waals surface area (Å²) in [7, 11) is 0. The van der Waals surface area contributed by atoms with Crippen LogP contribution in [0.15, 0.2) is 0 Å². The van der Waals surface area contributed by atoms with E-state index in [2.05, 4.69) is 0 Å². The summed E-state index contributed by atoms with van der Waals surface area (Å²) in [5.74, 6) is -4.77. The van der Waals surface area contributed by atoms with E-state index in [0.29, 0.717) is 0 Å². The molecule has 0 saturated carbocycles. The minimum absolute atomic E-state index is 0. The van der Waals surface area contributed by atoms with E-state index in [1.807, 2.05) is 0 Å². The molecule has 68 valence electrons. The zero-order valence-corrected chi connectivity index (χ0v) is 9.49. The molecule has 1 N–H and O–H groups in total. The van der Waals surface area contributed by atoms with Crippen molar-refractivity contribution >= 4 is 23.5 Å². The number of carboxylic acid groups (broad SMARTS) is 2. The molecule has 0 saturated heterocycles. The maximum Gasteiger partial charge on any atom is 1.00 e. The summed E-state index contributed by atoms with van der Waals surface area (Å²) in [4.78, 5) is 37.6. The van der Waals surface area contributed by atoms with Gasteiger partial charge in [0.15, 0.2) is 5.78 Å². The molecule has 13 heavy (non-hydrogen) atoms. The summed E-state index contributed by atoms with van der Waals surface area (Å²) in [6.45, 7) is 1.94. The second-order valence-electron chi connectivity index (χ2n) is 1.70. The van der Waals surface area contributed by atoms with E-state index >= 15 is 0 Å². The molecule has 0 aliphatic carbocycles. The Hall–Kier alpha value is -0.720. The molecule has 0 radical (unpaired) electrons. The molecule has 0 aliphatic heterocycles. The van der Waals surface area contributed by atoms with Crippen molar-refractivity contribution in [1.29, 1.82) is 0 Å². The molecule has 0 atom stereocenters. The van der Waals surface area contributed by atoms with Crippen LogP contribution in [-0.2, 0) is 19.2 Å². The first-order chi connectivity index (χ1) is 5.29. The van der Waals surface area contributed by atoms with E-state index in [1.54, 1.807) is 0 Å². The topological polar surface area (TPSA) is 112 Å². The van der Waals surface area contributed by atoms with E-state index < -0.39 is 23.5 Å². The van der Waals surface area contributed by atoms with Gasteiger partial charge in [-0.3, -0.25) is 9.59 Å². The van der Waals surface area contributed by atoms with Gasteiger partial charge in [-0.1, -0.05) is 0 Å². The maximum atomic E-state index is 9.54. The van der Waals surface area contributed by atoms with E-state index in [4.69, 9.17) is 5.11 Å². The number of rotatable bonds is 2. The van der Waals surface area contributed by atoms with Crippen molar-refractivity contribution in [3.05, 3.63) is 0 Å². The Bertz CT molecular complexity index is 173. The van der Waals surface area contributed by atoms with Crippen LogP contribution in [0.3, 0.4) is 0 Å². The largest absolute Gasteiger partial charge is 1.00 e. The molecule has 0 aromatic heterocycles. The van der Waals surface area contributed by atoms with Gasteiger partial charge in [0.2, 0.25) is 5.78 Å². The number of hydrogen-bond acceptors (Lipinski definition) is 5. The maximum absolute atomic E-state index is 9.54. The molecule has 0 amide bonds. The fraction of sp³-hybridized carbons (Fsp3) is 0.333. The predicted octanol–water partition coefficient (Wildman–Crippen LogP) is -5.01. The number of carboxylic acids is 2. The van der Waals surface area contributed by atoms with Crippen LogP contribution in [0.5, 0.6) is 0 Å². The van der Waals surface area contributed by atoms with Gasteiger partial charge in [0.05, 0.1) is 0 Å². The van der Waals surface area contributed by atoms with E-state index in [1.165, 1.54) is 0 Å². The fourth-order valence-corrected chi connectivity index (χ4v) is 0. The molecule has 6 nitrogen and oxygen atoms in total. The van der Waals surface area contributed by atoms with Crippen molar-refractivity contribution in [1.82, 2.24) is 0 Å². The Morgan fingerprint density at radius 2 is 1.15 bits per heavy atom. The van der Waals surface area contributed by atoms with Crippen molar-refractivity contribution in [3.63, 3.8) is 0 Å². The molecule has 0 aromatic carbocycles. The summed E-state index contributed by atoms with van der Waals surface area (Å²) >= 11 is 0. The van der Waals surface area contributed by atoms with Crippen molar-refractivity contribution in [2.24, 2.45) is 0 Å². The quantitative estimate of drug-likeness (QED) is 0.351. The second kappa shape index (κ2) is 9.37. The Labute approximate surface area is 96.2 Å². The van der Waals surface area contributed by atoms with E-state index in [9.17, 15) is 24.3 Å². The number of aliphatic carboxylic acids is 2. The van der Waals surface area contributed by atoms with E-state index in [-0.39, 0.29) is 29.6 Å². The molecule has 0 rings (SSSR count). The van der Waals surface area contributed by atoms with Gasteiger partial charge in [0.1, 0.15) is 5.97 Å². The molecular formula is C6H7NaO6. The first kappa shape index (κ1) is 18.1. The molecule has 0 heterocycles. The van der Waals surface area contributed by atoms with Gasteiger partial charge in [0, 0.05) is 13.8 Å². The Morgan fingerprint density at radius 1 is 1.00 bits per heavy atom. The summed E-state index contributed by atoms with van der Waals surface area (Å²) in [6, 6.07) is 0. The van der Waals surface area contributed by atoms with Crippen molar-refractivity contribution in [2.45, 2.75) is 13.8 Å². The molecule has 0 unspecified atom stereocenters. The van der Waals surface area contributed by atoms with Gasteiger partial charge in [-0.05, 0) is 0 Å². The third-order valence-electron chi connectivity index (χ3n) is 0.589. The zero-order chi connectivity index (χ0) is 10.3. The van der Waals surface area contributed by atoms with Gasteiger partial charge in [-0.2, -0.15) is 0 Å². The molecule has 0 aromatic rings. The predicted molar refractivity (Wildman–Crippen MR) is 34.0 cm³/mol. The van der Waals surface area contributed by atoms with Gasteiger partial charge in [-0.15, -0.1) is 0 Å². The molecular weight excluding hydrogens is 191 g/mol. The van der Waals surface area contributed by atoms with Crippen LogP contribution in [0.4, 0.5) is 0 Å². The van der Waals surface area contributed by atoms with Crippen LogP contribution in [0.2, 0.25) is 0 Å². The minimum atomic E-state index is -1.63. The van der Waals surface area contributed by atoms with Crippen molar-refractivity contribution < 1.29 is 58.9 Å². The monoisotopic (exact) mass is 198 g/mol. The van der Waals surface area contributed by atoms with Gasteiger partial charge < -0.3 is 15.0 Å². The average molecular weight is 198 g/mol. The zero-order valence-electron chi connectivity index (χ0n) is 7.49. The summed E-state index contributed by atoms with van der Waals surface area (Å²) < 4.78 is 0. The Morgan fingerprint density at radius 3 is 1.15 bits per heavy atom. The fourth-order valence-electron chi connectivity index (χ4n) is 0. The molecule has 0 fully saturated rings. The molecule has 0 spiro atoms. The smallest absolute Gasteiger partial charge is 0.542 e. The van der Waals surface area contributed by atoms with Crippen LogP contribution in [0, 0.1) is 0 Å². The molecule has 0 bridgehead atoms. The summed E-state index contributed by atoms with van der Waals surface area (Å²) in [5.41, 5.74) is 0. The molecule has 0 aliphatic rings. The Kier molecular flexibility index (Phi) is 13.1. The molecule has 7 heteroatoms. The van der Waals surface area contributed by atoms with Gasteiger partial charge in [-0.25, -0.2) is 4.79 Å². The Balaban J connectivity index is -0.000000143. The standard InChI is InChI=1S/2C3H4O3.Na/c2*1-2(4)3(5)6;/h2*1H3,(H,5,6);/q;;+1/p-1. The first-order valence-electron chi connectivity index (χ1n) is 2.74. The number of carbonyl (C=O) groups excluding carboxylic acids is 3. The number of carbonyl (C=O) groups is 4. The summed E-state index contributed by atoms with van der Waals surface area (Å²) in [6.07, 6.45) is 0. The minimum Gasteiger partial charge on any atom is -0.542 e. The van der Waals surface area contributed by atoms with Crippen LogP contribution >= 0.6 is 0 Å². The third kappa shape index (κ3) is 18.3. The van der Waals surface area contributed by atoms with Crippen molar-refractivity contribution in [3.8, 4) is 0 Å². The van der Waals surface area contributed by atoms with Crippen LogP contribution < -0.4 is 34.7 Å². The third-order valence-corrected chi connectivity index (χ3v) is 0.589. The van der Waals surface area contributed by atoms with E-state index in [0.717, 1.165) is 13.8 Å². The number of hydrogen-bond donors (Lipinski definition) is 1. The first-order valence-corrected chi connectivity index (χ1v) is 2.74. The number of ketones is 2. The van der Waals surface area contributed by atoms with Crippen LogP contribution in [-0.4, -0.2) is 28.6 Å². The van der Waals surface area contributed by atoms with Gasteiger partial charge in [0.25, 0.3) is 0 Å². The summed E-state index contributed by atoms with van der Waals surface area (Å²) in [5, 5.41) is 16.9. The van der Waals surface area contributed by atoms with Gasteiger partial charge >= 0.3 is 35.5 Å². The average Bonchev–Trinajstić information content (AvgIpc) is 1.88. The normalized spacial score (nSPS) is 6.92. The number of Topliss-reactive ketones (excluding diaryl/α,β-unsaturated/α-hetero) is 2.